The first-order valence-corrected chi connectivity index (χ1v) is 14.3. The fourth-order valence-electron chi connectivity index (χ4n) is 5.79. The maximum atomic E-state index is 13.3. The van der Waals surface area contributed by atoms with Crippen molar-refractivity contribution in [2.45, 2.75) is 32.2 Å². The summed E-state index contributed by atoms with van der Waals surface area (Å²) in [6.07, 6.45) is 6.00. The molecule has 10 nitrogen and oxygen atoms in total. The highest BCUT2D eigenvalue weighted by molar-refractivity contribution is 14.1. The van der Waals surface area contributed by atoms with Crippen LogP contribution in [-0.4, -0.2) is 68.7 Å². The Morgan fingerprint density at radius 3 is 2.62 bits per heavy atom. The molecular weight excluding hydrogens is 609 g/mol. The number of amides is 1. The number of likely N-dealkylation sites (tertiary alicyclic amines) is 1. The summed E-state index contributed by atoms with van der Waals surface area (Å²) in [5, 5.41) is 6.73. The van der Waals surface area contributed by atoms with E-state index < -0.39 is 11.7 Å². The molecule has 39 heavy (non-hydrogen) atoms. The molecule has 1 fully saturated rings. The molecule has 0 radical (unpaired) electrons. The van der Waals surface area contributed by atoms with Gasteiger partial charge in [-0.2, -0.15) is 5.10 Å². The molecule has 0 saturated carbocycles. The molecule has 11 heteroatoms. The van der Waals surface area contributed by atoms with E-state index in [1.165, 1.54) is 6.33 Å². The van der Waals surface area contributed by atoms with Crippen LogP contribution in [0.1, 0.15) is 43.6 Å². The van der Waals surface area contributed by atoms with E-state index in [-0.39, 0.29) is 11.8 Å². The lowest BCUT2D eigenvalue weighted by molar-refractivity contribution is -0.136. The molecule has 0 aliphatic carbocycles. The predicted molar refractivity (Wildman–Crippen MR) is 158 cm³/mol. The number of carbonyl (C=O) groups excluding carboxylic acids is 1. The molecule has 4 aromatic rings. The van der Waals surface area contributed by atoms with Gasteiger partial charge in [-0.25, -0.2) is 19.4 Å². The smallest absolute Gasteiger partial charge is 0.343 e. The van der Waals surface area contributed by atoms with Crippen molar-refractivity contribution in [3.63, 3.8) is 0 Å². The molecule has 2 N–H and O–H groups in total. The van der Waals surface area contributed by atoms with Gasteiger partial charge in [-0.1, -0.05) is 24.3 Å². The Labute approximate surface area is 239 Å². The van der Waals surface area contributed by atoms with Crippen LogP contribution in [0.3, 0.4) is 0 Å². The number of aromatic nitrogens is 4. The number of nitrogens with two attached hydrogens (primary N) is 1. The van der Waals surface area contributed by atoms with Gasteiger partial charge in [0.2, 0.25) is 5.91 Å². The highest BCUT2D eigenvalue weighted by Gasteiger charge is 2.31. The van der Waals surface area contributed by atoms with Gasteiger partial charge < -0.3 is 20.0 Å². The number of halogens is 1. The Bertz CT molecular complexity index is 1670. The molecule has 2 aliphatic rings. The normalized spacial score (nSPS) is 18.0. The standard InChI is InChI=1S/C28H30IN7O3/c1-16(36-26-22(24(29)33-36)25(30)31-15-32-26)23-21(19-5-3-4-6-20(19)28(38)39-23)17-9-13-35(14-10-17)27(37)18-7-11-34(2)12-8-18/h3-6,9,15-16,18H,7-8,10-14H2,1-2H3,(H2,30,31,32). The van der Waals surface area contributed by atoms with E-state index in [1.54, 1.807) is 10.7 Å². The van der Waals surface area contributed by atoms with Crippen molar-refractivity contribution in [3.05, 3.63) is 62.1 Å². The first-order valence-electron chi connectivity index (χ1n) is 13.2. The van der Waals surface area contributed by atoms with E-state index in [4.69, 9.17) is 15.2 Å². The lowest BCUT2D eigenvalue weighted by Crippen LogP contribution is -2.43. The van der Waals surface area contributed by atoms with Crippen LogP contribution in [0.25, 0.3) is 27.4 Å². The van der Waals surface area contributed by atoms with E-state index in [0.717, 1.165) is 42.5 Å². The highest BCUT2D eigenvalue weighted by Crippen LogP contribution is 2.37. The number of piperidine rings is 1. The fraction of sp³-hybridized carbons (Fsp3) is 0.393. The van der Waals surface area contributed by atoms with E-state index in [0.29, 0.717) is 51.2 Å². The van der Waals surface area contributed by atoms with Crippen LogP contribution in [-0.2, 0) is 4.79 Å². The summed E-state index contributed by atoms with van der Waals surface area (Å²) in [6, 6.07) is 7.07. The van der Waals surface area contributed by atoms with Crippen LogP contribution < -0.4 is 11.4 Å². The van der Waals surface area contributed by atoms with Gasteiger partial charge in [0.05, 0.1) is 10.8 Å². The third-order valence-electron chi connectivity index (χ3n) is 8.00. The van der Waals surface area contributed by atoms with Gasteiger partial charge in [0.1, 0.15) is 27.6 Å². The number of nitrogen functional groups attached to an aromatic ring is 1. The molecule has 6 rings (SSSR count). The van der Waals surface area contributed by atoms with Gasteiger partial charge in [0.15, 0.2) is 5.65 Å². The van der Waals surface area contributed by atoms with E-state index >= 15 is 0 Å². The van der Waals surface area contributed by atoms with Crippen LogP contribution in [0.2, 0.25) is 0 Å². The molecular formula is C28H30IN7O3. The Morgan fingerprint density at radius 1 is 1.15 bits per heavy atom. The van der Waals surface area contributed by atoms with E-state index in [1.807, 2.05) is 30.0 Å². The van der Waals surface area contributed by atoms with Crippen molar-refractivity contribution in [1.29, 1.82) is 0 Å². The zero-order valence-corrected chi connectivity index (χ0v) is 24.1. The zero-order valence-electron chi connectivity index (χ0n) is 21.9. The molecule has 0 bridgehead atoms. The van der Waals surface area contributed by atoms with Crippen LogP contribution in [0.15, 0.2) is 45.9 Å². The minimum absolute atomic E-state index is 0.0901. The average Bonchev–Trinajstić information content (AvgIpc) is 3.30. The van der Waals surface area contributed by atoms with Gasteiger partial charge in [-0.15, -0.1) is 0 Å². The summed E-state index contributed by atoms with van der Waals surface area (Å²) in [6.45, 7) is 5.02. The molecule has 1 unspecified atom stereocenters. The van der Waals surface area contributed by atoms with Crippen molar-refractivity contribution in [3.8, 4) is 0 Å². The molecule has 1 amide bonds. The van der Waals surface area contributed by atoms with Crippen molar-refractivity contribution < 1.29 is 9.21 Å². The SMILES string of the molecule is CC(c1oc(=O)c2ccccc2c1C1=CCN(C(=O)C2CCN(C)CC2)CC1)n1nc(I)c2c(N)ncnc21. The number of rotatable bonds is 4. The summed E-state index contributed by atoms with van der Waals surface area (Å²) in [7, 11) is 2.10. The summed E-state index contributed by atoms with van der Waals surface area (Å²) in [5.41, 5.74) is 8.25. The van der Waals surface area contributed by atoms with Gasteiger partial charge in [0, 0.05) is 24.6 Å². The third-order valence-corrected chi connectivity index (χ3v) is 8.75. The lowest BCUT2D eigenvalue weighted by atomic mass is 9.91. The fourth-order valence-corrected chi connectivity index (χ4v) is 6.54. The number of carbonyl (C=O) groups is 1. The van der Waals surface area contributed by atoms with E-state index in [2.05, 4.69) is 50.6 Å². The Morgan fingerprint density at radius 2 is 1.90 bits per heavy atom. The maximum Gasteiger partial charge on any atom is 0.343 e. The quantitative estimate of drug-likeness (QED) is 0.336. The molecule has 1 atom stereocenters. The molecule has 1 aromatic carbocycles. The monoisotopic (exact) mass is 639 g/mol. The topological polar surface area (TPSA) is 123 Å². The van der Waals surface area contributed by atoms with Crippen LogP contribution >= 0.6 is 22.6 Å². The van der Waals surface area contributed by atoms with Crippen LogP contribution in [0.4, 0.5) is 5.82 Å². The second-order valence-corrected chi connectivity index (χ2v) is 11.4. The number of nitrogens with zero attached hydrogens (tertiary/aromatic N) is 6. The minimum Gasteiger partial charge on any atom is -0.424 e. The molecule has 3 aromatic heterocycles. The summed E-state index contributed by atoms with van der Waals surface area (Å²) < 4.78 is 8.46. The number of fused-ring (bicyclic) bond motifs is 2. The molecule has 5 heterocycles. The number of hydrogen-bond acceptors (Lipinski definition) is 8. The maximum absolute atomic E-state index is 13.3. The lowest BCUT2D eigenvalue weighted by Gasteiger charge is -2.34. The van der Waals surface area contributed by atoms with E-state index in [9.17, 15) is 9.59 Å². The third kappa shape index (κ3) is 4.61. The van der Waals surface area contributed by atoms with Gasteiger partial charge in [-0.3, -0.25) is 4.79 Å². The number of benzene rings is 1. The first-order chi connectivity index (χ1) is 18.8. The van der Waals surface area contributed by atoms with Crippen molar-refractivity contribution in [2.75, 3.05) is 39.0 Å². The number of anilines is 1. The van der Waals surface area contributed by atoms with Crippen molar-refractivity contribution >= 4 is 61.7 Å². The second-order valence-electron chi connectivity index (χ2n) is 10.4. The van der Waals surface area contributed by atoms with Crippen LogP contribution in [0.5, 0.6) is 0 Å². The van der Waals surface area contributed by atoms with Crippen LogP contribution in [0, 0.1) is 9.62 Å². The largest absolute Gasteiger partial charge is 0.424 e. The minimum atomic E-state index is -0.447. The number of hydrogen-bond donors (Lipinski definition) is 1. The molecule has 2 aliphatic heterocycles. The average molecular weight is 639 g/mol. The Hall–Kier alpha value is -3.32. The Balaban J connectivity index is 1.41. The van der Waals surface area contributed by atoms with Crippen molar-refractivity contribution in [1.82, 2.24) is 29.5 Å². The highest BCUT2D eigenvalue weighted by atomic mass is 127. The zero-order chi connectivity index (χ0) is 27.3. The van der Waals surface area contributed by atoms with Crippen molar-refractivity contribution in [2.24, 2.45) is 5.92 Å². The Kier molecular flexibility index (Phi) is 6.88. The van der Waals surface area contributed by atoms with Gasteiger partial charge in [-0.05, 0) is 85.9 Å². The summed E-state index contributed by atoms with van der Waals surface area (Å²) >= 11 is 2.12. The molecule has 0 spiro atoms. The first kappa shape index (κ1) is 25.9. The van der Waals surface area contributed by atoms with Gasteiger partial charge in [0.25, 0.3) is 0 Å². The van der Waals surface area contributed by atoms with Gasteiger partial charge >= 0.3 is 5.63 Å². The molecule has 1 saturated heterocycles. The summed E-state index contributed by atoms with van der Waals surface area (Å²) in [5.74, 6) is 1.20. The predicted octanol–water partition coefficient (Wildman–Crippen LogP) is 3.69. The summed E-state index contributed by atoms with van der Waals surface area (Å²) in [4.78, 5) is 39.2. The second kappa shape index (κ2) is 10.3. The molecule has 202 valence electrons.